The van der Waals surface area contributed by atoms with Crippen molar-refractivity contribution in [3.63, 3.8) is 0 Å². The predicted molar refractivity (Wildman–Crippen MR) is 243 cm³/mol. The summed E-state index contributed by atoms with van der Waals surface area (Å²) in [7, 11) is 0. The van der Waals surface area contributed by atoms with Crippen molar-refractivity contribution < 1.29 is 0 Å². The summed E-state index contributed by atoms with van der Waals surface area (Å²) >= 11 is 0. The molecule has 0 aliphatic carbocycles. The fourth-order valence-corrected chi connectivity index (χ4v) is 9.48. The summed E-state index contributed by atoms with van der Waals surface area (Å²) in [5, 5.41) is 19.5. The number of aromatic nitrogens is 1. The lowest BCUT2D eigenvalue weighted by atomic mass is 9.81. The molecule has 56 heavy (non-hydrogen) atoms. The van der Waals surface area contributed by atoms with Crippen LogP contribution in [0.15, 0.2) is 176 Å². The van der Waals surface area contributed by atoms with Gasteiger partial charge in [-0.1, -0.05) is 170 Å². The second-order valence-corrected chi connectivity index (χ2v) is 14.8. The number of pyridine rings is 1. The molecule has 0 N–H and O–H groups in total. The van der Waals surface area contributed by atoms with Gasteiger partial charge in [-0.05, 0) is 124 Å². The van der Waals surface area contributed by atoms with Gasteiger partial charge < -0.3 is 0 Å². The van der Waals surface area contributed by atoms with Crippen LogP contribution in [0, 0.1) is 0 Å². The maximum atomic E-state index is 5.39. The first kappa shape index (κ1) is 32.3. The lowest BCUT2D eigenvalue weighted by Gasteiger charge is -2.21. The summed E-state index contributed by atoms with van der Waals surface area (Å²) in [5.74, 6) is 0. The molecular formula is C55H37N. The monoisotopic (exact) mass is 711 g/mol. The fourth-order valence-electron chi connectivity index (χ4n) is 9.48. The molecule has 0 spiro atoms. The van der Waals surface area contributed by atoms with Crippen molar-refractivity contribution in [2.75, 3.05) is 0 Å². The van der Waals surface area contributed by atoms with Gasteiger partial charge in [0.05, 0.1) is 11.0 Å². The van der Waals surface area contributed by atoms with E-state index in [0.717, 1.165) is 22.0 Å². The summed E-state index contributed by atoms with van der Waals surface area (Å²) < 4.78 is 0. The number of nitrogens with zero attached hydrogens (tertiary/aromatic N) is 1. The van der Waals surface area contributed by atoms with Gasteiger partial charge in [0.1, 0.15) is 0 Å². The third kappa shape index (κ3) is 4.77. The van der Waals surface area contributed by atoms with Crippen LogP contribution in [0.3, 0.4) is 0 Å². The lowest BCUT2D eigenvalue weighted by Crippen LogP contribution is -2.29. The highest BCUT2D eigenvalue weighted by Crippen LogP contribution is 2.49. The molecule has 0 aliphatic heterocycles. The van der Waals surface area contributed by atoms with Crippen LogP contribution < -0.4 is 10.6 Å². The van der Waals surface area contributed by atoms with Gasteiger partial charge >= 0.3 is 0 Å². The van der Waals surface area contributed by atoms with Crippen molar-refractivity contribution in [1.82, 2.24) is 4.98 Å². The maximum Gasteiger partial charge on any atom is 0.0788 e. The third-order valence-corrected chi connectivity index (χ3v) is 11.9. The minimum atomic E-state index is 1.00. The Kier molecular flexibility index (Phi) is 7.37. The molecule has 1 nitrogen and oxygen atoms in total. The van der Waals surface area contributed by atoms with Gasteiger partial charge in [-0.25, -0.2) is 4.98 Å². The predicted octanol–water partition coefficient (Wildman–Crippen LogP) is 13.8. The minimum absolute atomic E-state index is 1.00. The van der Waals surface area contributed by atoms with Gasteiger partial charge in [0.25, 0.3) is 0 Å². The van der Waals surface area contributed by atoms with Crippen molar-refractivity contribution in [3.8, 4) is 33.5 Å². The summed E-state index contributed by atoms with van der Waals surface area (Å²) in [6.07, 6.45) is 4.32. The van der Waals surface area contributed by atoms with Crippen molar-refractivity contribution in [3.05, 3.63) is 186 Å². The van der Waals surface area contributed by atoms with Crippen LogP contribution in [0.5, 0.6) is 0 Å². The summed E-state index contributed by atoms with van der Waals surface area (Å²) in [5.41, 5.74) is 7.10. The van der Waals surface area contributed by atoms with Crippen LogP contribution in [0.25, 0.3) is 121 Å². The standard InChI is InChI=1S/C55H37N/c1-3-37-40-21-13-16-28-48(40)55(56-52(37)4-2)36-29-30-47-51(33-36)54(50-32-35-18-6-8-20-39(35)42-23-10-12-25-44(42)50)46-27-15-14-26-45(46)53(47)49-31-34-17-5-7-19-38(34)41-22-9-11-24-43(41)49/h3-33H,1-2H3/b37-3-,52-4+. The zero-order valence-electron chi connectivity index (χ0n) is 31.3. The first-order chi connectivity index (χ1) is 27.7. The van der Waals surface area contributed by atoms with E-state index in [1.54, 1.807) is 0 Å². The van der Waals surface area contributed by atoms with E-state index >= 15 is 0 Å². The van der Waals surface area contributed by atoms with Gasteiger partial charge in [-0.2, -0.15) is 0 Å². The number of hydrogen-bond acceptors (Lipinski definition) is 1. The van der Waals surface area contributed by atoms with Crippen LogP contribution in [0.2, 0.25) is 0 Å². The van der Waals surface area contributed by atoms with E-state index in [0.29, 0.717) is 0 Å². The second kappa shape index (κ2) is 12.8. The largest absolute Gasteiger partial charge is 0.247 e. The summed E-state index contributed by atoms with van der Waals surface area (Å²) in [6.45, 7) is 4.19. The van der Waals surface area contributed by atoms with Crippen LogP contribution >= 0.6 is 0 Å². The number of fused-ring (bicyclic) bond motifs is 9. The molecule has 0 saturated heterocycles. The quantitative estimate of drug-likeness (QED) is 0.131. The summed E-state index contributed by atoms with van der Waals surface area (Å²) in [6, 6.07) is 65.1. The third-order valence-electron chi connectivity index (χ3n) is 11.9. The molecule has 0 aliphatic rings. The SMILES string of the molecule is C/C=c1\c(=C/C)nc(-c2ccc3c(-c4cc5ccccc5c5ccccc45)c4ccccc4c(-c4cc5ccccc5c5ccccc45)c3c2)c2ccccc12. The zero-order chi connectivity index (χ0) is 37.3. The maximum absolute atomic E-state index is 5.39. The summed E-state index contributed by atoms with van der Waals surface area (Å²) in [4.78, 5) is 5.39. The molecule has 0 unspecified atom stereocenters. The number of benzene rings is 10. The molecule has 1 heterocycles. The number of hydrogen-bond donors (Lipinski definition) is 0. The van der Waals surface area contributed by atoms with Crippen LogP contribution in [0.4, 0.5) is 0 Å². The molecular weight excluding hydrogens is 675 g/mol. The van der Waals surface area contributed by atoms with Gasteiger partial charge in [-0.15, -0.1) is 0 Å². The Balaban J connectivity index is 1.36. The first-order valence-electron chi connectivity index (χ1n) is 19.5. The minimum Gasteiger partial charge on any atom is -0.247 e. The van der Waals surface area contributed by atoms with E-state index in [-0.39, 0.29) is 0 Å². The molecule has 10 aromatic carbocycles. The molecule has 0 amide bonds. The highest BCUT2D eigenvalue weighted by Gasteiger charge is 2.22. The van der Waals surface area contributed by atoms with Crippen LogP contribution in [-0.4, -0.2) is 4.98 Å². The fraction of sp³-hybridized carbons (Fsp3) is 0.0364. The van der Waals surface area contributed by atoms with Crippen LogP contribution in [0.1, 0.15) is 13.8 Å². The highest BCUT2D eigenvalue weighted by atomic mass is 14.7. The second-order valence-electron chi connectivity index (χ2n) is 14.8. The van der Waals surface area contributed by atoms with E-state index < -0.39 is 0 Å². The Morgan fingerprint density at radius 2 is 0.768 bits per heavy atom. The normalized spacial score (nSPS) is 12.7. The van der Waals surface area contributed by atoms with Crippen molar-refractivity contribution >= 4 is 87.6 Å². The molecule has 0 atom stereocenters. The molecule has 11 aromatic rings. The van der Waals surface area contributed by atoms with E-state index in [1.807, 2.05) is 0 Å². The van der Waals surface area contributed by atoms with Gasteiger partial charge in [0, 0.05) is 16.2 Å². The van der Waals surface area contributed by atoms with Crippen molar-refractivity contribution in [1.29, 1.82) is 0 Å². The Labute approximate surface area is 325 Å². The Bertz CT molecular complexity index is 3550. The molecule has 1 heteroatoms. The van der Waals surface area contributed by atoms with Gasteiger partial charge in [-0.3, -0.25) is 0 Å². The molecule has 0 bridgehead atoms. The topological polar surface area (TPSA) is 12.9 Å². The van der Waals surface area contributed by atoms with Crippen molar-refractivity contribution in [2.24, 2.45) is 0 Å². The molecule has 0 saturated carbocycles. The van der Waals surface area contributed by atoms with E-state index in [1.165, 1.54) is 97.5 Å². The Morgan fingerprint density at radius 3 is 1.30 bits per heavy atom. The molecule has 262 valence electrons. The zero-order valence-corrected chi connectivity index (χ0v) is 31.3. The average Bonchev–Trinajstić information content (AvgIpc) is 3.27. The molecule has 1 aromatic heterocycles. The van der Waals surface area contributed by atoms with Gasteiger partial charge in [0.15, 0.2) is 0 Å². The average molecular weight is 712 g/mol. The van der Waals surface area contributed by atoms with Crippen molar-refractivity contribution in [2.45, 2.75) is 13.8 Å². The highest BCUT2D eigenvalue weighted by molar-refractivity contribution is 6.28. The first-order valence-corrected chi connectivity index (χ1v) is 19.5. The number of rotatable bonds is 3. The van der Waals surface area contributed by atoms with E-state index in [2.05, 4.69) is 202 Å². The van der Waals surface area contributed by atoms with Gasteiger partial charge in [0.2, 0.25) is 0 Å². The smallest absolute Gasteiger partial charge is 0.0788 e. The molecule has 0 fully saturated rings. The molecule has 11 rings (SSSR count). The molecule has 0 radical (unpaired) electrons. The lowest BCUT2D eigenvalue weighted by molar-refractivity contribution is 1.25. The Morgan fingerprint density at radius 1 is 0.339 bits per heavy atom. The van der Waals surface area contributed by atoms with E-state index in [9.17, 15) is 0 Å². The van der Waals surface area contributed by atoms with E-state index in [4.69, 9.17) is 4.98 Å². The van der Waals surface area contributed by atoms with Crippen LogP contribution in [-0.2, 0) is 0 Å². The Hall–Kier alpha value is -7.09.